The van der Waals surface area contributed by atoms with Gasteiger partial charge in [0.2, 0.25) is 5.91 Å². The van der Waals surface area contributed by atoms with E-state index in [0.717, 1.165) is 76.5 Å². The maximum absolute atomic E-state index is 12.6. The van der Waals surface area contributed by atoms with Crippen molar-refractivity contribution in [3.05, 3.63) is 53.2 Å². The molecule has 3 heterocycles. The number of aromatic nitrogens is 1. The molecule has 1 fully saturated rings. The molecule has 1 aromatic carbocycles. The zero-order valence-corrected chi connectivity index (χ0v) is 18.8. The van der Waals surface area contributed by atoms with Crippen LogP contribution in [0.5, 0.6) is 5.75 Å². The van der Waals surface area contributed by atoms with Gasteiger partial charge in [0.1, 0.15) is 11.6 Å². The Bertz CT molecular complexity index is 876. The molecule has 4 rings (SSSR count). The molecule has 1 N–H and O–H groups in total. The molecule has 0 aliphatic carbocycles. The molecule has 0 radical (unpaired) electrons. The molecule has 6 nitrogen and oxygen atoms in total. The van der Waals surface area contributed by atoms with E-state index in [1.807, 2.05) is 12.3 Å². The third-order valence-electron chi connectivity index (χ3n) is 6.54. The number of carbonyl (C=O) groups excluding carboxylic acids is 1. The molecule has 0 saturated carbocycles. The van der Waals surface area contributed by atoms with Crippen LogP contribution in [-0.4, -0.2) is 55.6 Å². The standard InChI is InChI=1S/C25H34N4O2/c1-19-4-7-24(27-17-19)29-14-9-20(10-15-29)25(30)26-11-3-12-28-13-8-21-16-23(31-2)6-5-22(21)18-28/h4-7,16-17,20H,3,8-15,18H2,1-2H3,(H,26,30). The Morgan fingerprint density at radius 2 is 2.00 bits per heavy atom. The molecular formula is C25H34N4O2. The molecule has 0 spiro atoms. The number of methoxy groups -OCH3 is 1. The number of pyridine rings is 1. The lowest BCUT2D eigenvalue weighted by atomic mass is 9.96. The molecule has 2 aliphatic rings. The maximum Gasteiger partial charge on any atom is 0.223 e. The quantitative estimate of drug-likeness (QED) is 0.695. The summed E-state index contributed by atoms with van der Waals surface area (Å²) in [5.41, 5.74) is 3.97. The van der Waals surface area contributed by atoms with E-state index in [2.05, 4.69) is 51.3 Å². The van der Waals surface area contributed by atoms with Crippen LogP contribution in [0.2, 0.25) is 0 Å². The number of hydrogen-bond donors (Lipinski definition) is 1. The van der Waals surface area contributed by atoms with Gasteiger partial charge in [0.05, 0.1) is 7.11 Å². The number of fused-ring (bicyclic) bond motifs is 1. The summed E-state index contributed by atoms with van der Waals surface area (Å²) in [6.45, 7) is 7.67. The molecule has 0 unspecified atom stereocenters. The molecular weight excluding hydrogens is 388 g/mol. The van der Waals surface area contributed by atoms with Crippen LogP contribution in [0.3, 0.4) is 0 Å². The second kappa shape index (κ2) is 10.1. The monoisotopic (exact) mass is 422 g/mol. The number of nitrogens with one attached hydrogen (secondary N) is 1. The smallest absolute Gasteiger partial charge is 0.223 e. The van der Waals surface area contributed by atoms with E-state index in [4.69, 9.17) is 4.74 Å². The minimum absolute atomic E-state index is 0.124. The van der Waals surface area contributed by atoms with E-state index in [1.54, 1.807) is 7.11 Å². The van der Waals surface area contributed by atoms with Gasteiger partial charge in [-0.15, -0.1) is 0 Å². The predicted molar refractivity (Wildman–Crippen MR) is 124 cm³/mol. The van der Waals surface area contributed by atoms with Gasteiger partial charge in [-0.2, -0.15) is 0 Å². The van der Waals surface area contributed by atoms with Crippen molar-refractivity contribution in [2.75, 3.05) is 44.7 Å². The maximum atomic E-state index is 12.6. The first-order chi connectivity index (χ1) is 15.1. The molecule has 1 aromatic heterocycles. The van der Waals surface area contributed by atoms with E-state index in [-0.39, 0.29) is 11.8 Å². The number of rotatable bonds is 7. The van der Waals surface area contributed by atoms with Gasteiger partial charge in [-0.1, -0.05) is 12.1 Å². The summed E-state index contributed by atoms with van der Waals surface area (Å²) in [6.07, 6.45) is 5.75. The van der Waals surface area contributed by atoms with Gasteiger partial charge in [-0.3, -0.25) is 9.69 Å². The van der Waals surface area contributed by atoms with Crippen molar-refractivity contribution < 1.29 is 9.53 Å². The van der Waals surface area contributed by atoms with E-state index >= 15 is 0 Å². The first-order valence-corrected chi connectivity index (χ1v) is 11.5. The lowest BCUT2D eigenvalue weighted by Gasteiger charge is -2.32. The first-order valence-electron chi connectivity index (χ1n) is 11.5. The van der Waals surface area contributed by atoms with Crippen LogP contribution in [0.4, 0.5) is 5.82 Å². The number of aryl methyl sites for hydroxylation is 1. The highest BCUT2D eigenvalue weighted by Gasteiger charge is 2.25. The van der Waals surface area contributed by atoms with Gasteiger partial charge in [-0.05, 0) is 67.5 Å². The first kappa shape index (κ1) is 21.6. The second-order valence-electron chi connectivity index (χ2n) is 8.76. The highest BCUT2D eigenvalue weighted by atomic mass is 16.5. The molecule has 31 heavy (non-hydrogen) atoms. The largest absolute Gasteiger partial charge is 0.497 e. The molecule has 6 heteroatoms. The molecule has 166 valence electrons. The number of hydrogen-bond acceptors (Lipinski definition) is 5. The van der Waals surface area contributed by atoms with E-state index in [0.29, 0.717) is 0 Å². The molecule has 1 saturated heterocycles. The number of carbonyl (C=O) groups is 1. The van der Waals surface area contributed by atoms with Crippen molar-refractivity contribution in [2.45, 2.75) is 39.2 Å². The van der Waals surface area contributed by atoms with E-state index in [9.17, 15) is 4.79 Å². The average molecular weight is 423 g/mol. The number of benzene rings is 1. The Labute approximate surface area is 185 Å². The second-order valence-corrected chi connectivity index (χ2v) is 8.76. The van der Waals surface area contributed by atoms with Crippen LogP contribution in [-0.2, 0) is 17.8 Å². The summed E-state index contributed by atoms with van der Waals surface area (Å²) in [5, 5.41) is 3.17. The Kier molecular flexibility index (Phi) is 7.07. The third-order valence-corrected chi connectivity index (χ3v) is 6.54. The number of nitrogens with zero attached hydrogens (tertiary/aromatic N) is 3. The molecule has 0 atom stereocenters. The van der Waals surface area contributed by atoms with Crippen molar-refractivity contribution in [2.24, 2.45) is 5.92 Å². The van der Waals surface area contributed by atoms with Crippen LogP contribution in [0.15, 0.2) is 36.5 Å². The van der Waals surface area contributed by atoms with Gasteiger partial charge >= 0.3 is 0 Å². The van der Waals surface area contributed by atoms with Crippen LogP contribution in [0.25, 0.3) is 0 Å². The fourth-order valence-corrected chi connectivity index (χ4v) is 4.58. The van der Waals surface area contributed by atoms with Crippen molar-refractivity contribution in [3.63, 3.8) is 0 Å². The van der Waals surface area contributed by atoms with Crippen molar-refractivity contribution in [1.82, 2.24) is 15.2 Å². The number of piperidine rings is 1. The number of anilines is 1. The fourth-order valence-electron chi connectivity index (χ4n) is 4.58. The Morgan fingerprint density at radius 1 is 1.16 bits per heavy atom. The van der Waals surface area contributed by atoms with E-state index in [1.165, 1.54) is 16.7 Å². The van der Waals surface area contributed by atoms with Gasteiger partial charge in [-0.25, -0.2) is 4.98 Å². The van der Waals surface area contributed by atoms with Crippen molar-refractivity contribution in [1.29, 1.82) is 0 Å². The van der Waals surface area contributed by atoms with Crippen molar-refractivity contribution in [3.8, 4) is 5.75 Å². The van der Waals surface area contributed by atoms with Gasteiger partial charge < -0.3 is 15.0 Å². The van der Waals surface area contributed by atoms with Gasteiger partial charge in [0.25, 0.3) is 0 Å². The molecule has 2 aromatic rings. The lowest BCUT2D eigenvalue weighted by Crippen LogP contribution is -2.41. The lowest BCUT2D eigenvalue weighted by molar-refractivity contribution is -0.125. The third kappa shape index (κ3) is 5.56. The van der Waals surface area contributed by atoms with Gasteiger partial charge in [0.15, 0.2) is 0 Å². The summed E-state index contributed by atoms with van der Waals surface area (Å²) in [5.74, 6) is 2.30. The fraction of sp³-hybridized carbons (Fsp3) is 0.520. The number of amides is 1. The summed E-state index contributed by atoms with van der Waals surface area (Å²) in [4.78, 5) is 21.9. The number of ether oxygens (including phenoxy) is 1. The zero-order chi connectivity index (χ0) is 21.6. The Balaban J connectivity index is 1.14. The Morgan fingerprint density at radius 3 is 2.74 bits per heavy atom. The van der Waals surface area contributed by atoms with Crippen LogP contribution in [0.1, 0.15) is 36.0 Å². The van der Waals surface area contributed by atoms with Crippen LogP contribution in [0, 0.1) is 12.8 Å². The Hall–Kier alpha value is -2.60. The summed E-state index contributed by atoms with van der Waals surface area (Å²) in [7, 11) is 1.72. The highest BCUT2D eigenvalue weighted by molar-refractivity contribution is 5.78. The molecule has 2 aliphatic heterocycles. The highest BCUT2D eigenvalue weighted by Crippen LogP contribution is 2.24. The normalized spacial score (nSPS) is 17.3. The topological polar surface area (TPSA) is 57.7 Å². The summed E-state index contributed by atoms with van der Waals surface area (Å²) < 4.78 is 5.33. The van der Waals surface area contributed by atoms with E-state index < -0.39 is 0 Å². The molecule has 1 amide bonds. The van der Waals surface area contributed by atoms with Crippen LogP contribution >= 0.6 is 0 Å². The van der Waals surface area contributed by atoms with Gasteiger partial charge in [0, 0.05) is 51.4 Å². The molecule has 0 bridgehead atoms. The predicted octanol–water partition coefficient (Wildman–Crippen LogP) is 3.18. The minimum atomic E-state index is 0.124. The summed E-state index contributed by atoms with van der Waals surface area (Å²) in [6, 6.07) is 10.6. The minimum Gasteiger partial charge on any atom is -0.497 e. The van der Waals surface area contributed by atoms with Crippen molar-refractivity contribution >= 4 is 11.7 Å². The average Bonchev–Trinajstić information content (AvgIpc) is 2.82. The zero-order valence-electron chi connectivity index (χ0n) is 18.8. The summed E-state index contributed by atoms with van der Waals surface area (Å²) >= 11 is 0. The van der Waals surface area contributed by atoms with Crippen LogP contribution < -0.4 is 15.0 Å². The SMILES string of the molecule is COc1ccc2c(c1)CCN(CCCNC(=O)C1CCN(c3ccc(C)cn3)CC1)C2.